The minimum atomic E-state index is -3.47. The maximum atomic E-state index is 13.8. The van der Waals surface area contributed by atoms with Gasteiger partial charge in [0, 0.05) is 22.0 Å². The van der Waals surface area contributed by atoms with Crippen LogP contribution in [0.1, 0.15) is 11.1 Å². The minimum Gasteiger partial charge on any atom is -0.403 e. The van der Waals surface area contributed by atoms with Gasteiger partial charge in [-0.05, 0) is 62.4 Å². The van der Waals surface area contributed by atoms with E-state index >= 15 is 0 Å². The summed E-state index contributed by atoms with van der Waals surface area (Å²) in [6, 6.07) is 22.2. The van der Waals surface area contributed by atoms with Crippen molar-refractivity contribution in [2.45, 2.75) is 13.8 Å². The molecule has 1 aromatic heterocycles. The van der Waals surface area contributed by atoms with Gasteiger partial charge in [0.25, 0.3) is 0 Å². The van der Waals surface area contributed by atoms with E-state index in [-0.39, 0.29) is 11.9 Å². The summed E-state index contributed by atoms with van der Waals surface area (Å²) in [5.74, 6) is 0.288. The molecule has 0 saturated heterocycles. The molecule has 0 amide bonds. The van der Waals surface area contributed by atoms with Crippen LogP contribution in [0, 0.1) is 13.8 Å². The molecule has 0 spiro atoms. The monoisotopic (exact) mass is 453 g/mol. The SMILES string of the molecule is Cc1ccc(NP(=O)(Nc2ccc(C)cc2)Nc2nnc(-c3ccc(Cl)cc3)o2)cc1. The largest absolute Gasteiger partial charge is 0.403 e. The van der Waals surface area contributed by atoms with Crippen LogP contribution in [-0.4, -0.2) is 10.2 Å². The second-order valence-electron chi connectivity index (χ2n) is 7.10. The van der Waals surface area contributed by atoms with Crippen molar-refractivity contribution in [2.24, 2.45) is 0 Å². The van der Waals surface area contributed by atoms with Crippen LogP contribution in [0.5, 0.6) is 0 Å². The molecule has 9 heteroatoms. The zero-order valence-corrected chi connectivity index (χ0v) is 18.6. The molecule has 3 N–H and O–H groups in total. The van der Waals surface area contributed by atoms with Gasteiger partial charge in [-0.2, -0.15) is 0 Å². The van der Waals surface area contributed by atoms with Gasteiger partial charge in [-0.15, -0.1) is 5.10 Å². The summed E-state index contributed by atoms with van der Waals surface area (Å²) in [5.41, 5.74) is 4.27. The third-order valence-corrected chi connectivity index (χ3v) is 6.35. The predicted octanol–water partition coefficient (Wildman–Crippen LogP) is 6.75. The zero-order chi connectivity index (χ0) is 21.8. The zero-order valence-electron chi connectivity index (χ0n) is 17.0. The Kier molecular flexibility index (Phi) is 5.98. The van der Waals surface area contributed by atoms with E-state index in [1.54, 1.807) is 24.3 Å². The van der Waals surface area contributed by atoms with Crippen LogP contribution < -0.4 is 15.3 Å². The molecule has 4 rings (SSSR count). The molecular formula is C22H21ClN5O2P. The van der Waals surface area contributed by atoms with E-state index in [2.05, 4.69) is 25.5 Å². The fraction of sp³-hybridized carbons (Fsp3) is 0.0909. The highest BCUT2D eigenvalue weighted by molar-refractivity contribution is 7.68. The summed E-state index contributed by atoms with van der Waals surface area (Å²) in [6.45, 7) is 3.98. The first-order chi connectivity index (χ1) is 14.9. The highest BCUT2D eigenvalue weighted by Gasteiger charge is 2.25. The van der Waals surface area contributed by atoms with E-state index in [1.807, 2.05) is 62.4 Å². The normalized spacial score (nSPS) is 11.2. The number of benzene rings is 3. The number of nitrogens with zero attached hydrogens (tertiary/aromatic N) is 2. The first-order valence-corrected chi connectivity index (χ1v) is 11.6. The number of aromatic nitrogens is 2. The quantitative estimate of drug-likeness (QED) is 0.266. The molecule has 7 nitrogen and oxygen atoms in total. The lowest BCUT2D eigenvalue weighted by molar-refractivity contribution is 0.573. The Morgan fingerprint density at radius 3 is 1.77 bits per heavy atom. The summed E-state index contributed by atoms with van der Waals surface area (Å²) < 4.78 is 19.5. The van der Waals surface area contributed by atoms with Crippen LogP contribution in [0.4, 0.5) is 17.4 Å². The number of anilines is 3. The summed E-state index contributed by atoms with van der Waals surface area (Å²) in [6.07, 6.45) is 0. The van der Waals surface area contributed by atoms with Gasteiger partial charge < -0.3 is 14.6 Å². The fourth-order valence-electron chi connectivity index (χ4n) is 2.82. The second-order valence-corrected chi connectivity index (χ2v) is 9.42. The van der Waals surface area contributed by atoms with E-state index < -0.39 is 7.59 Å². The second kappa shape index (κ2) is 8.84. The Labute approximate surface area is 185 Å². The Morgan fingerprint density at radius 1 is 0.742 bits per heavy atom. The molecule has 0 bridgehead atoms. The van der Waals surface area contributed by atoms with Crippen molar-refractivity contribution in [1.82, 2.24) is 10.2 Å². The fourth-order valence-corrected chi connectivity index (χ4v) is 4.49. The van der Waals surface area contributed by atoms with E-state index in [1.165, 1.54) is 0 Å². The number of rotatable bonds is 7. The van der Waals surface area contributed by atoms with E-state index in [4.69, 9.17) is 16.0 Å². The maximum absolute atomic E-state index is 13.8. The first kappa shape index (κ1) is 21.0. The van der Waals surface area contributed by atoms with Crippen molar-refractivity contribution in [2.75, 3.05) is 15.3 Å². The molecule has 0 atom stereocenters. The molecule has 0 aliphatic heterocycles. The molecule has 0 aliphatic carbocycles. The Morgan fingerprint density at radius 2 is 1.26 bits per heavy atom. The van der Waals surface area contributed by atoms with Gasteiger partial charge in [0.05, 0.1) is 0 Å². The summed E-state index contributed by atoms with van der Waals surface area (Å²) in [5, 5.41) is 17.6. The number of hydrogen-bond acceptors (Lipinski definition) is 4. The Hall–Kier alpha value is -3.28. The maximum Gasteiger partial charge on any atom is 0.356 e. The summed E-state index contributed by atoms with van der Waals surface area (Å²) in [7, 11) is -3.47. The van der Waals surface area contributed by atoms with Gasteiger partial charge in [-0.1, -0.05) is 52.1 Å². The van der Waals surface area contributed by atoms with Gasteiger partial charge in [-0.3, -0.25) is 9.65 Å². The van der Waals surface area contributed by atoms with Crippen molar-refractivity contribution in [3.05, 3.63) is 88.9 Å². The lowest BCUT2D eigenvalue weighted by Crippen LogP contribution is -2.14. The van der Waals surface area contributed by atoms with Crippen LogP contribution in [0.25, 0.3) is 11.5 Å². The Balaban J connectivity index is 1.60. The van der Waals surface area contributed by atoms with Crippen molar-refractivity contribution >= 4 is 36.6 Å². The highest BCUT2D eigenvalue weighted by atomic mass is 35.5. The Bertz CT molecular complexity index is 1160. The molecular weight excluding hydrogens is 433 g/mol. The van der Waals surface area contributed by atoms with E-state index in [9.17, 15) is 4.57 Å². The number of aryl methyl sites for hydroxylation is 2. The highest BCUT2D eigenvalue weighted by Crippen LogP contribution is 2.45. The van der Waals surface area contributed by atoms with Crippen molar-refractivity contribution in [1.29, 1.82) is 0 Å². The molecule has 1 heterocycles. The molecule has 0 radical (unpaired) electrons. The lowest BCUT2D eigenvalue weighted by atomic mass is 10.2. The average Bonchev–Trinajstić information content (AvgIpc) is 3.20. The number of hydrogen-bond donors (Lipinski definition) is 3. The van der Waals surface area contributed by atoms with Crippen LogP contribution in [-0.2, 0) is 4.57 Å². The molecule has 3 aromatic carbocycles. The molecule has 4 aromatic rings. The molecule has 31 heavy (non-hydrogen) atoms. The standard InChI is InChI=1S/C22H21ClN5O2P/c1-15-3-11-19(12-4-15)26-31(29,27-20-13-5-16(2)6-14-20)28-22-25-24-21(30-22)17-7-9-18(23)10-8-17/h3-14H,1-2H3,(H3,25,26,27,28,29). The molecule has 0 aliphatic rings. The first-order valence-electron chi connectivity index (χ1n) is 9.56. The van der Waals surface area contributed by atoms with Crippen molar-refractivity contribution in [3.63, 3.8) is 0 Å². The van der Waals surface area contributed by atoms with Crippen LogP contribution >= 0.6 is 19.2 Å². The van der Waals surface area contributed by atoms with E-state index in [0.29, 0.717) is 22.0 Å². The van der Waals surface area contributed by atoms with Crippen LogP contribution in [0.2, 0.25) is 5.02 Å². The van der Waals surface area contributed by atoms with Crippen LogP contribution in [0.3, 0.4) is 0 Å². The van der Waals surface area contributed by atoms with Gasteiger partial charge in [0.2, 0.25) is 5.89 Å². The van der Waals surface area contributed by atoms with Gasteiger partial charge in [-0.25, -0.2) is 0 Å². The number of nitrogens with one attached hydrogen (secondary N) is 3. The third-order valence-electron chi connectivity index (χ3n) is 4.45. The molecule has 0 unspecified atom stereocenters. The van der Waals surface area contributed by atoms with Gasteiger partial charge >= 0.3 is 13.6 Å². The van der Waals surface area contributed by atoms with Crippen LogP contribution in [0.15, 0.2) is 77.2 Å². The van der Waals surface area contributed by atoms with Gasteiger partial charge in [0.15, 0.2) is 0 Å². The van der Waals surface area contributed by atoms with E-state index in [0.717, 1.165) is 11.1 Å². The van der Waals surface area contributed by atoms with Crippen molar-refractivity contribution in [3.8, 4) is 11.5 Å². The average molecular weight is 454 g/mol. The smallest absolute Gasteiger partial charge is 0.356 e. The minimum absolute atomic E-state index is 0.0208. The molecule has 0 saturated carbocycles. The summed E-state index contributed by atoms with van der Waals surface area (Å²) in [4.78, 5) is 0. The van der Waals surface area contributed by atoms with Crippen molar-refractivity contribution < 1.29 is 8.98 Å². The molecule has 0 fully saturated rings. The topological polar surface area (TPSA) is 92.1 Å². The third kappa shape index (κ3) is 5.45. The summed E-state index contributed by atoms with van der Waals surface area (Å²) >= 11 is 5.93. The number of halogens is 1. The predicted molar refractivity (Wildman–Crippen MR) is 126 cm³/mol. The van der Waals surface area contributed by atoms with Gasteiger partial charge in [0.1, 0.15) is 0 Å². The molecule has 158 valence electrons. The lowest BCUT2D eigenvalue weighted by Gasteiger charge is -2.22.